The normalized spacial score (nSPS) is 11.1. The Hall–Kier alpha value is -3.59. The zero-order valence-electron chi connectivity index (χ0n) is 19.3. The molecule has 4 aromatic rings. The molecule has 0 aliphatic rings. The Morgan fingerprint density at radius 2 is 2.00 bits per heavy atom. The summed E-state index contributed by atoms with van der Waals surface area (Å²) in [7, 11) is 0. The van der Waals surface area contributed by atoms with E-state index >= 15 is 0 Å². The molecule has 0 aliphatic heterocycles. The maximum absolute atomic E-state index is 14.6. The number of nitrogens with one attached hydrogen (secondary N) is 2. The molecule has 0 saturated heterocycles. The molecular weight excluding hydrogens is 453 g/mol. The number of carbonyl (C=O) groups excluding carboxylic acids is 2. The van der Waals surface area contributed by atoms with Gasteiger partial charge in [-0.05, 0) is 51.0 Å². The van der Waals surface area contributed by atoms with Crippen LogP contribution in [-0.2, 0) is 17.8 Å². The van der Waals surface area contributed by atoms with Crippen molar-refractivity contribution < 1.29 is 14.0 Å². The molecular formula is C25H26FN5O2S. The van der Waals surface area contributed by atoms with Gasteiger partial charge in [-0.3, -0.25) is 9.59 Å². The van der Waals surface area contributed by atoms with Crippen LogP contribution in [0.25, 0.3) is 22.4 Å². The number of thiazole rings is 1. The summed E-state index contributed by atoms with van der Waals surface area (Å²) < 4.78 is 16.4. The summed E-state index contributed by atoms with van der Waals surface area (Å²) in [4.78, 5) is 35.1. The first-order valence-corrected chi connectivity index (χ1v) is 12.0. The Morgan fingerprint density at radius 3 is 2.68 bits per heavy atom. The molecule has 0 saturated carbocycles. The van der Waals surface area contributed by atoms with Crippen LogP contribution in [-0.4, -0.2) is 32.9 Å². The summed E-state index contributed by atoms with van der Waals surface area (Å²) in [5.41, 5.74) is 5.16. The molecule has 2 aromatic heterocycles. The van der Waals surface area contributed by atoms with Crippen LogP contribution < -0.4 is 10.6 Å². The van der Waals surface area contributed by atoms with E-state index in [-0.39, 0.29) is 17.6 Å². The zero-order chi connectivity index (χ0) is 24.2. The van der Waals surface area contributed by atoms with E-state index in [2.05, 4.69) is 20.6 Å². The number of rotatable bonds is 8. The topological polar surface area (TPSA) is 88.9 Å². The number of hydrogen-bond donors (Lipinski definition) is 2. The molecule has 7 nitrogen and oxygen atoms in total. The van der Waals surface area contributed by atoms with Crippen LogP contribution in [0.3, 0.4) is 0 Å². The number of halogens is 1. The highest BCUT2D eigenvalue weighted by Crippen LogP contribution is 2.31. The minimum Gasteiger partial charge on any atom is -0.352 e. The lowest BCUT2D eigenvalue weighted by molar-refractivity contribution is -0.114. The number of amides is 2. The molecule has 9 heteroatoms. The van der Waals surface area contributed by atoms with Gasteiger partial charge in [-0.2, -0.15) is 0 Å². The van der Waals surface area contributed by atoms with Crippen molar-refractivity contribution in [3.8, 4) is 11.4 Å². The van der Waals surface area contributed by atoms with Crippen LogP contribution in [0.15, 0.2) is 41.9 Å². The summed E-state index contributed by atoms with van der Waals surface area (Å²) in [6, 6.07) is 9.77. The third kappa shape index (κ3) is 4.84. The predicted molar refractivity (Wildman–Crippen MR) is 133 cm³/mol. The molecule has 176 valence electrons. The Kier molecular flexibility index (Phi) is 7.02. The van der Waals surface area contributed by atoms with Gasteiger partial charge in [-0.25, -0.2) is 14.4 Å². The average Bonchev–Trinajstić information content (AvgIpc) is 3.38. The predicted octanol–water partition coefficient (Wildman–Crippen LogP) is 4.95. The molecule has 0 spiro atoms. The summed E-state index contributed by atoms with van der Waals surface area (Å²) in [6.45, 7) is 6.29. The number of benzene rings is 2. The van der Waals surface area contributed by atoms with E-state index in [1.807, 2.05) is 23.9 Å². The Bertz CT molecular complexity index is 1360. The van der Waals surface area contributed by atoms with Gasteiger partial charge in [0, 0.05) is 30.6 Å². The lowest BCUT2D eigenvalue weighted by atomic mass is 10.1. The van der Waals surface area contributed by atoms with E-state index in [4.69, 9.17) is 0 Å². The molecule has 0 atom stereocenters. The van der Waals surface area contributed by atoms with Crippen LogP contribution in [0.5, 0.6) is 0 Å². The van der Waals surface area contributed by atoms with Gasteiger partial charge in [-0.15, -0.1) is 11.3 Å². The summed E-state index contributed by atoms with van der Waals surface area (Å²) >= 11 is 1.61. The highest BCUT2D eigenvalue weighted by molar-refractivity contribution is 7.09. The Morgan fingerprint density at radius 1 is 1.21 bits per heavy atom. The number of hydrogen-bond acceptors (Lipinski definition) is 5. The maximum atomic E-state index is 14.6. The van der Waals surface area contributed by atoms with Crippen molar-refractivity contribution in [2.24, 2.45) is 0 Å². The molecule has 2 aromatic carbocycles. The van der Waals surface area contributed by atoms with E-state index < -0.39 is 0 Å². The summed E-state index contributed by atoms with van der Waals surface area (Å²) in [5, 5.41) is 5.72. The quantitative estimate of drug-likeness (QED) is 0.350. The SMILES string of the molecule is CCn1c(-c2ccccc2F)nc2cc(NC(C)=O)cc(C(=O)NCCCc3scnc3C)c21. The molecule has 34 heavy (non-hydrogen) atoms. The first-order valence-electron chi connectivity index (χ1n) is 11.1. The van der Waals surface area contributed by atoms with Gasteiger partial charge in [0.05, 0.1) is 33.4 Å². The first kappa shape index (κ1) is 23.6. The average molecular weight is 480 g/mol. The van der Waals surface area contributed by atoms with E-state index in [9.17, 15) is 14.0 Å². The van der Waals surface area contributed by atoms with Gasteiger partial charge in [0.1, 0.15) is 11.6 Å². The molecule has 0 fully saturated rings. The molecule has 0 unspecified atom stereocenters. The van der Waals surface area contributed by atoms with Crippen LogP contribution in [0.2, 0.25) is 0 Å². The largest absolute Gasteiger partial charge is 0.352 e. The third-order valence-corrected chi connectivity index (χ3v) is 6.54. The lowest BCUT2D eigenvalue weighted by Gasteiger charge is -2.12. The molecule has 0 bridgehead atoms. The van der Waals surface area contributed by atoms with E-state index in [0.717, 1.165) is 18.5 Å². The van der Waals surface area contributed by atoms with Gasteiger partial charge in [0.25, 0.3) is 5.91 Å². The second kappa shape index (κ2) is 10.1. The zero-order valence-corrected chi connectivity index (χ0v) is 20.1. The lowest BCUT2D eigenvalue weighted by Crippen LogP contribution is -2.25. The van der Waals surface area contributed by atoms with Crippen molar-refractivity contribution in [3.63, 3.8) is 0 Å². The number of carbonyl (C=O) groups is 2. The molecule has 0 radical (unpaired) electrons. The standard InChI is InChI=1S/C25H26FN5O2S/c1-4-31-23-19(25(33)27-11-7-10-22-15(2)28-14-34-22)12-17(29-16(3)32)13-21(23)30-24(31)18-8-5-6-9-20(18)26/h5-6,8-9,12-14H,4,7,10-11H2,1-3H3,(H,27,33)(H,29,32). The van der Waals surface area contributed by atoms with Gasteiger partial charge in [-0.1, -0.05) is 12.1 Å². The number of aromatic nitrogens is 3. The van der Waals surface area contributed by atoms with Crippen LogP contribution in [0.4, 0.5) is 10.1 Å². The molecule has 4 rings (SSSR count). The highest BCUT2D eigenvalue weighted by atomic mass is 32.1. The fourth-order valence-corrected chi connectivity index (χ4v) is 4.81. The number of fused-ring (bicyclic) bond motifs is 1. The molecule has 2 amide bonds. The molecule has 2 heterocycles. The van der Waals surface area contributed by atoms with Crippen molar-refractivity contribution in [2.75, 3.05) is 11.9 Å². The minimum atomic E-state index is -0.390. The van der Waals surface area contributed by atoms with Crippen molar-refractivity contribution >= 4 is 39.9 Å². The third-order valence-electron chi connectivity index (χ3n) is 5.55. The minimum absolute atomic E-state index is 0.255. The fraction of sp³-hybridized carbons (Fsp3) is 0.280. The molecule has 2 N–H and O–H groups in total. The van der Waals surface area contributed by atoms with Gasteiger partial charge in [0.15, 0.2) is 0 Å². The number of imidazole rings is 1. The van der Waals surface area contributed by atoms with Crippen LogP contribution >= 0.6 is 11.3 Å². The van der Waals surface area contributed by atoms with Crippen molar-refractivity contribution in [2.45, 2.75) is 40.2 Å². The molecule has 0 aliphatic carbocycles. The fourth-order valence-electron chi connectivity index (χ4n) is 3.99. The smallest absolute Gasteiger partial charge is 0.253 e. The van der Waals surface area contributed by atoms with Crippen LogP contribution in [0, 0.1) is 12.7 Å². The monoisotopic (exact) mass is 479 g/mol. The second-order valence-corrected chi connectivity index (χ2v) is 8.89. The van der Waals surface area contributed by atoms with Gasteiger partial charge >= 0.3 is 0 Å². The number of nitrogens with zero attached hydrogens (tertiary/aromatic N) is 3. The van der Waals surface area contributed by atoms with Gasteiger partial charge < -0.3 is 15.2 Å². The van der Waals surface area contributed by atoms with E-state index in [0.29, 0.717) is 46.8 Å². The van der Waals surface area contributed by atoms with Gasteiger partial charge in [0.2, 0.25) is 5.91 Å². The van der Waals surface area contributed by atoms with Crippen molar-refractivity contribution in [3.05, 3.63) is 63.9 Å². The van der Waals surface area contributed by atoms with E-state index in [1.54, 1.807) is 41.7 Å². The number of anilines is 1. The van der Waals surface area contributed by atoms with Crippen LogP contribution in [0.1, 0.15) is 41.2 Å². The first-order chi connectivity index (χ1) is 16.4. The summed E-state index contributed by atoms with van der Waals surface area (Å²) in [5.74, 6) is -0.480. The van der Waals surface area contributed by atoms with E-state index in [1.165, 1.54) is 17.9 Å². The van der Waals surface area contributed by atoms with Crippen molar-refractivity contribution in [1.82, 2.24) is 19.9 Å². The second-order valence-electron chi connectivity index (χ2n) is 7.95. The Balaban J connectivity index is 1.69. The summed E-state index contributed by atoms with van der Waals surface area (Å²) in [6.07, 6.45) is 1.61. The number of aryl methyl sites for hydroxylation is 3. The highest BCUT2D eigenvalue weighted by Gasteiger charge is 2.21. The maximum Gasteiger partial charge on any atom is 0.253 e. The Labute approximate surface area is 201 Å². The van der Waals surface area contributed by atoms with Crippen molar-refractivity contribution in [1.29, 1.82) is 0 Å².